The molecule has 0 fully saturated rings. The third-order valence-corrected chi connectivity index (χ3v) is 4.92. The molecule has 0 aliphatic heterocycles. The van der Waals surface area contributed by atoms with Crippen molar-refractivity contribution in [1.29, 1.82) is 0 Å². The number of hydrogen-bond acceptors (Lipinski definition) is 1. The summed E-state index contributed by atoms with van der Waals surface area (Å²) in [4.78, 5) is 3.51. The molecule has 0 radical (unpaired) electrons. The standard InChI is InChI=1S/C25H19NO/c1-2-7-18(8-3-1)17-27-25-12-6-10-19-15-21(13-14-22(19)25)24-16-20-9-4-5-11-23(20)26-24/h1-16,26H,17H2. The van der Waals surface area contributed by atoms with Crippen LogP contribution in [-0.4, -0.2) is 4.98 Å². The Morgan fingerprint density at radius 3 is 2.37 bits per heavy atom. The SMILES string of the molecule is c1ccc(COc2cccc3cc(-c4cc5ccccc5[nH]4)ccc23)cc1. The first kappa shape index (κ1) is 15.7. The van der Waals surface area contributed by atoms with Gasteiger partial charge in [-0.1, -0.05) is 66.7 Å². The Bertz CT molecular complexity index is 1190. The summed E-state index contributed by atoms with van der Waals surface area (Å²) >= 11 is 0. The maximum atomic E-state index is 6.09. The normalized spacial score (nSPS) is 11.1. The van der Waals surface area contributed by atoms with Crippen molar-refractivity contribution in [2.24, 2.45) is 0 Å². The van der Waals surface area contributed by atoms with Gasteiger partial charge in [-0.15, -0.1) is 0 Å². The summed E-state index contributed by atoms with van der Waals surface area (Å²) in [6, 6.07) is 33.6. The second kappa shape index (κ2) is 6.65. The molecule has 0 saturated carbocycles. The third kappa shape index (κ3) is 3.06. The number of aromatic amines is 1. The van der Waals surface area contributed by atoms with E-state index in [4.69, 9.17) is 4.74 Å². The number of aromatic nitrogens is 1. The fourth-order valence-electron chi connectivity index (χ4n) is 3.51. The van der Waals surface area contributed by atoms with Crippen LogP contribution in [0.4, 0.5) is 0 Å². The Hall–Kier alpha value is -3.52. The number of H-pyrrole nitrogens is 1. The monoisotopic (exact) mass is 349 g/mol. The van der Waals surface area contributed by atoms with Crippen molar-refractivity contribution in [1.82, 2.24) is 4.98 Å². The van der Waals surface area contributed by atoms with Crippen molar-refractivity contribution in [3.63, 3.8) is 0 Å². The number of hydrogen-bond donors (Lipinski definition) is 1. The van der Waals surface area contributed by atoms with Crippen LogP contribution in [0.5, 0.6) is 5.75 Å². The molecule has 2 nitrogen and oxygen atoms in total. The first-order valence-electron chi connectivity index (χ1n) is 9.14. The number of fused-ring (bicyclic) bond motifs is 2. The van der Waals surface area contributed by atoms with Crippen molar-refractivity contribution in [2.45, 2.75) is 6.61 Å². The number of ether oxygens (including phenoxy) is 1. The van der Waals surface area contributed by atoms with E-state index in [9.17, 15) is 0 Å². The van der Waals surface area contributed by atoms with Gasteiger partial charge in [-0.2, -0.15) is 0 Å². The molecule has 0 unspecified atom stereocenters. The largest absolute Gasteiger partial charge is 0.488 e. The molecule has 4 aromatic carbocycles. The van der Waals surface area contributed by atoms with E-state index in [1.165, 1.54) is 21.9 Å². The molecular weight excluding hydrogens is 330 g/mol. The number of nitrogens with one attached hydrogen (secondary N) is 1. The lowest BCUT2D eigenvalue weighted by atomic mass is 10.0. The number of benzene rings is 4. The maximum absolute atomic E-state index is 6.09. The highest BCUT2D eigenvalue weighted by molar-refractivity contribution is 5.93. The molecule has 1 heterocycles. The fourth-order valence-corrected chi connectivity index (χ4v) is 3.51. The Kier molecular flexibility index (Phi) is 3.87. The summed E-state index contributed by atoms with van der Waals surface area (Å²) in [5.41, 5.74) is 4.64. The molecule has 0 bridgehead atoms. The van der Waals surface area contributed by atoms with Gasteiger partial charge in [-0.3, -0.25) is 0 Å². The van der Waals surface area contributed by atoms with Crippen molar-refractivity contribution >= 4 is 21.7 Å². The highest BCUT2D eigenvalue weighted by Gasteiger charge is 2.07. The minimum absolute atomic E-state index is 0.573. The van der Waals surface area contributed by atoms with Gasteiger partial charge in [0.05, 0.1) is 0 Å². The van der Waals surface area contributed by atoms with E-state index < -0.39 is 0 Å². The van der Waals surface area contributed by atoms with Gasteiger partial charge in [-0.25, -0.2) is 0 Å². The summed E-state index contributed by atoms with van der Waals surface area (Å²) in [6.45, 7) is 0.573. The van der Waals surface area contributed by atoms with E-state index in [2.05, 4.69) is 77.8 Å². The zero-order chi connectivity index (χ0) is 18.1. The van der Waals surface area contributed by atoms with Crippen LogP contribution in [0, 0.1) is 0 Å². The minimum Gasteiger partial charge on any atom is -0.488 e. The molecular formula is C25H19NO. The van der Waals surface area contributed by atoms with E-state index in [-0.39, 0.29) is 0 Å². The predicted molar refractivity (Wildman–Crippen MR) is 112 cm³/mol. The van der Waals surface area contributed by atoms with Crippen LogP contribution in [0.2, 0.25) is 0 Å². The number of para-hydroxylation sites is 1. The lowest BCUT2D eigenvalue weighted by molar-refractivity contribution is 0.310. The molecule has 0 aliphatic rings. The fraction of sp³-hybridized carbons (Fsp3) is 0.0400. The van der Waals surface area contributed by atoms with Crippen LogP contribution in [-0.2, 0) is 6.61 Å². The highest BCUT2D eigenvalue weighted by atomic mass is 16.5. The Labute approximate surface area is 158 Å². The van der Waals surface area contributed by atoms with Crippen LogP contribution >= 0.6 is 0 Å². The second-order valence-corrected chi connectivity index (χ2v) is 6.74. The predicted octanol–water partition coefficient (Wildman–Crippen LogP) is 6.57. The smallest absolute Gasteiger partial charge is 0.127 e. The average Bonchev–Trinajstić information content (AvgIpc) is 3.17. The quantitative estimate of drug-likeness (QED) is 0.390. The number of rotatable bonds is 4. The van der Waals surface area contributed by atoms with Gasteiger partial charge in [0, 0.05) is 22.0 Å². The summed E-state index contributed by atoms with van der Waals surface area (Å²) < 4.78 is 6.09. The zero-order valence-corrected chi connectivity index (χ0v) is 14.9. The molecule has 0 atom stereocenters. The van der Waals surface area contributed by atoms with E-state index in [1.807, 2.05) is 24.3 Å². The molecule has 1 N–H and O–H groups in total. The third-order valence-electron chi connectivity index (χ3n) is 4.92. The van der Waals surface area contributed by atoms with Crippen LogP contribution in [0.15, 0.2) is 97.1 Å². The molecule has 0 spiro atoms. The first-order chi connectivity index (χ1) is 13.4. The van der Waals surface area contributed by atoms with Crippen molar-refractivity contribution in [3.8, 4) is 17.0 Å². The van der Waals surface area contributed by atoms with Crippen LogP contribution < -0.4 is 4.74 Å². The van der Waals surface area contributed by atoms with Crippen LogP contribution in [0.3, 0.4) is 0 Å². The van der Waals surface area contributed by atoms with E-state index in [0.717, 1.165) is 22.3 Å². The van der Waals surface area contributed by atoms with Gasteiger partial charge in [0.1, 0.15) is 12.4 Å². The molecule has 5 rings (SSSR count). The summed E-state index contributed by atoms with van der Waals surface area (Å²) in [6.07, 6.45) is 0. The first-order valence-corrected chi connectivity index (χ1v) is 9.14. The van der Waals surface area contributed by atoms with Crippen molar-refractivity contribution in [3.05, 3.63) is 103 Å². The molecule has 1 aromatic heterocycles. The Balaban J connectivity index is 1.49. The second-order valence-electron chi connectivity index (χ2n) is 6.74. The van der Waals surface area contributed by atoms with E-state index >= 15 is 0 Å². The van der Waals surface area contributed by atoms with Gasteiger partial charge in [0.2, 0.25) is 0 Å². The minimum atomic E-state index is 0.573. The molecule has 5 aromatic rings. The van der Waals surface area contributed by atoms with E-state index in [0.29, 0.717) is 6.61 Å². The lowest BCUT2D eigenvalue weighted by Gasteiger charge is -2.10. The molecule has 0 aliphatic carbocycles. The molecule has 130 valence electrons. The molecule has 0 amide bonds. The average molecular weight is 349 g/mol. The van der Waals surface area contributed by atoms with Gasteiger partial charge >= 0.3 is 0 Å². The molecule has 27 heavy (non-hydrogen) atoms. The Morgan fingerprint density at radius 1 is 0.667 bits per heavy atom. The van der Waals surface area contributed by atoms with Crippen LogP contribution in [0.25, 0.3) is 32.9 Å². The Morgan fingerprint density at radius 2 is 1.48 bits per heavy atom. The van der Waals surface area contributed by atoms with Crippen LogP contribution in [0.1, 0.15) is 5.56 Å². The highest BCUT2D eigenvalue weighted by Crippen LogP contribution is 2.31. The summed E-state index contributed by atoms with van der Waals surface area (Å²) in [7, 11) is 0. The van der Waals surface area contributed by atoms with Gasteiger partial charge in [0.25, 0.3) is 0 Å². The summed E-state index contributed by atoms with van der Waals surface area (Å²) in [5, 5.41) is 3.54. The molecule has 0 saturated heterocycles. The van der Waals surface area contributed by atoms with Crippen molar-refractivity contribution in [2.75, 3.05) is 0 Å². The van der Waals surface area contributed by atoms with Gasteiger partial charge in [-0.05, 0) is 46.8 Å². The zero-order valence-electron chi connectivity index (χ0n) is 14.9. The molecule has 2 heteroatoms. The summed E-state index contributed by atoms with van der Waals surface area (Å²) in [5.74, 6) is 0.916. The van der Waals surface area contributed by atoms with Gasteiger partial charge in [0.15, 0.2) is 0 Å². The van der Waals surface area contributed by atoms with Crippen molar-refractivity contribution < 1.29 is 4.74 Å². The topological polar surface area (TPSA) is 25.0 Å². The lowest BCUT2D eigenvalue weighted by Crippen LogP contribution is -1.95. The van der Waals surface area contributed by atoms with E-state index in [1.54, 1.807) is 0 Å². The van der Waals surface area contributed by atoms with Gasteiger partial charge < -0.3 is 9.72 Å². The maximum Gasteiger partial charge on any atom is 0.127 e.